The lowest BCUT2D eigenvalue weighted by atomic mass is 9.86. The van der Waals surface area contributed by atoms with E-state index >= 15 is 0 Å². The Kier molecular flexibility index (Phi) is 4.90. The maximum atomic E-state index is 6.40. The fourth-order valence-corrected chi connectivity index (χ4v) is 2.89. The van der Waals surface area contributed by atoms with Gasteiger partial charge in [0.05, 0.1) is 0 Å². The number of rotatable bonds is 3. The van der Waals surface area contributed by atoms with E-state index in [4.69, 9.17) is 5.73 Å². The van der Waals surface area contributed by atoms with Crippen LogP contribution in [-0.4, -0.2) is 0 Å². The molecular formula is C19H24BrN. The molecule has 21 heavy (non-hydrogen) atoms. The first kappa shape index (κ1) is 16.3. The van der Waals surface area contributed by atoms with Crippen LogP contribution >= 0.6 is 15.9 Å². The Morgan fingerprint density at radius 1 is 1.05 bits per heavy atom. The van der Waals surface area contributed by atoms with Gasteiger partial charge in [-0.3, -0.25) is 0 Å². The molecule has 2 aromatic carbocycles. The van der Waals surface area contributed by atoms with Crippen LogP contribution in [0.25, 0.3) is 0 Å². The Balaban J connectivity index is 2.16. The second-order valence-electron chi connectivity index (χ2n) is 6.76. The van der Waals surface area contributed by atoms with Crippen molar-refractivity contribution in [1.29, 1.82) is 0 Å². The third-order valence-electron chi connectivity index (χ3n) is 3.92. The summed E-state index contributed by atoms with van der Waals surface area (Å²) in [7, 11) is 0. The molecule has 2 heteroatoms. The molecule has 0 aliphatic heterocycles. The minimum atomic E-state index is 0.0305. The van der Waals surface area contributed by atoms with Crippen LogP contribution in [0.4, 0.5) is 0 Å². The van der Waals surface area contributed by atoms with Crippen LogP contribution < -0.4 is 5.73 Å². The van der Waals surface area contributed by atoms with E-state index in [9.17, 15) is 0 Å². The molecule has 0 saturated heterocycles. The maximum Gasteiger partial charge on any atom is 0.0338 e. The molecule has 0 radical (unpaired) electrons. The van der Waals surface area contributed by atoms with Gasteiger partial charge in [0.1, 0.15) is 0 Å². The molecule has 0 amide bonds. The molecule has 2 rings (SSSR count). The molecule has 1 nitrogen and oxygen atoms in total. The Labute approximate surface area is 136 Å². The topological polar surface area (TPSA) is 26.0 Å². The predicted molar refractivity (Wildman–Crippen MR) is 94.7 cm³/mol. The number of hydrogen-bond acceptors (Lipinski definition) is 1. The van der Waals surface area contributed by atoms with Gasteiger partial charge in [0.15, 0.2) is 0 Å². The predicted octanol–water partition coefficient (Wildman–Crippen LogP) is 5.30. The van der Waals surface area contributed by atoms with Crippen LogP contribution in [0, 0.1) is 6.92 Å². The smallest absolute Gasteiger partial charge is 0.0338 e. The third kappa shape index (κ3) is 4.18. The Hall–Kier alpha value is -1.12. The molecule has 1 unspecified atom stereocenters. The van der Waals surface area contributed by atoms with Gasteiger partial charge in [-0.15, -0.1) is 0 Å². The first-order chi connectivity index (χ1) is 9.77. The molecule has 0 aliphatic rings. The first-order valence-corrected chi connectivity index (χ1v) is 8.18. The molecule has 0 aliphatic carbocycles. The van der Waals surface area contributed by atoms with Crippen LogP contribution in [0.1, 0.15) is 49.1 Å². The zero-order valence-corrected chi connectivity index (χ0v) is 14.9. The van der Waals surface area contributed by atoms with E-state index in [1.807, 2.05) is 0 Å². The molecule has 0 fully saturated rings. The van der Waals surface area contributed by atoms with Crippen molar-refractivity contribution in [3.05, 3.63) is 69.2 Å². The van der Waals surface area contributed by atoms with Crippen LogP contribution in [0.15, 0.2) is 46.9 Å². The van der Waals surface area contributed by atoms with Gasteiger partial charge < -0.3 is 5.73 Å². The summed E-state index contributed by atoms with van der Waals surface area (Å²) in [6, 6.07) is 15.2. The van der Waals surface area contributed by atoms with E-state index in [0.717, 1.165) is 10.9 Å². The second kappa shape index (κ2) is 6.33. The molecule has 0 bridgehead atoms. The Bertz CT molecular complexity index is 608. The van der Waals surface area contributed by atoms with E-state index in [-0.39, 0.29) is 11.5 Å². The fourth-order valence-electron chi connectivity index (χ4n) is 2.52. The quantitative estimate of drug-likeness (QED) is 0.802. The van der Waals surface area contributed by atoms with Crippen molar-refractivity contribution in [3.63, 3.8) is 0 Å². The van der Waals surface area contributed by atoms with E-state index in [0.29, 0.717) is 0 Å². The molecule has 1 atom stereocenters. The highest BCUT2D eigenvalue weighted by molar-refractivity contribution is 9.10. The summed E-state index contributed by atoms with van der Waals surface area (Å²) in [5.74, 6) is 0. The zero-order valence-electron chi connectivity index (χ0n) is 13.3. The van der Waals surface area contributed by atoms with Gasteiger partial charge in [-0.1, -0.05) is 67.0 Å². The summed E-state index contributed by atoms with van der Waals surface area (Å²) >= 11 is 3.53. The lowest BCUT2D eigenvalue weighted by molar-refractivity contribution is 0.589. The molecule has 0 heterocycles. The summed E-state index contributed by atoms with van der Waals surface area (Å²) in [4.78, 5) is 0. The summed E-state index contributed by atoms with van der Waals surface area (Å²) in [6.45, 7) is 8.82. The highest BCUT2D eigenvalue weighted by Gasteiger charge is 2.14. The zero-order chi connectivity index (χ0) is 15.6. The number of benzene rings is 2. The van der Waals surface area contributed by atoms with Crippen LogP contribution in [0.2, 0.25) is 0 Å². The number of halogens is 1. The SMILES string of the molecule is Cc1ccc(Br)cc1C(N)Cc1ccc(C(C)(C)C)cc1. The van der Waals surface area contributed by atoms with Gasteiger partial charge in [-0.05, 0) is 53.1 Å². The van der Waals surface area contributed by atoms with Gasteiger partial charge in [-0.2, -0.15) is 0 Å². The lowest BCUT2D eigenvalue weighted by Crippen LogP contribution is -2.15. The van der Waals surface area contributed by atoms with Gasteiger partial charge in [0, 0.05) is 10.5 Å². The molecule has 0 spiro atoms. The average Bonchev–Trinajstić information content (AvgIpc) is 2.41. The first-order valence-electron chi connectivity index (χ1n) is 7.38. The van der Waals surface area contributed by atoms with Crippen molar-refractivity contribution in [3.8, 4) is 0 Å². The average molecular weight is 346 g/mol. The van der Waals surface area contributed by atoms with Crippen LogP contribution in [-0.2, 0) is 11.8 Å². The van der Waals surface area contributed by atoms with Crippen molar-refractivity contribution >= 4 is 15.9 Å². The van der Waals surface area contributed by atoms with Crippen LogP contribution in [0.3, 0.4) is 0 Å². The summed E-state index contributed by atoms with van der Waals surface area (Å²) in [5.41, 5.74) is 11.7. The molecule has 2 aromatic rings. The van der Waals surface area contributed by atoms with Gasteiger partial charge in [-0.25, -0.2) is 0 Å². The number of aryl methyl sites for hydroxylation is 1. The van der Waals surface area contributed by atoms with Crippen molar-refractivity contribution in [2.24, 2.45) is 5.73 Å². The van der Waals surface area contributed by atoms with Crippen molar-refractivity contribution in [1.82, 2.24) is 0 Å². The van der Waals surface area contributed by atoms with Gasteiger partial charge >= 0.3 is 0 Å². The molecule has 112 valence electrons. The van der Waals surface area contributed by atoms with Crippen molar-refractivity contribution in [2.45, 2.75) is 45.6 Å². The van der Waals surface area contributed by atoms with Crippen molar-refractivity contribution in [2.75, 3.05) is 0 Å². The molecule has 0 aromatic heterocycles. The minimum absolute atomic E-state index is 0.0305. The van der Waals surface area contributed by atoms with Gasteiger partial charge in [0.2, 0.25) is 0 Å². The van der Waals surface area contributed by atoms with Crippen LogP contribution in [0.5, 0.6) is 0 Å². The Morgan fingerprint density at radius 2 is 1.67 bits per heavy atom. The summed E-state index contributed by atoms with van der Waals surface area (Å²) in [6.07, 6.45) is 0.863. The normalized spacial score (nSPS) is 13.2. The lowest BCUT2D eigenvalue weighted by Gasteiger charge is -2.20. The Morgan fingerprint density at radius 3 is 2.24 bits per heavy atom. The summed E-state index contributed by atoms with van der Waals surface area (Å²) < 4.78 is 1.08. The molecule has 0 saturated carbocycles. The highest BCUT2D eigenvalue weighted by atomic mass is 79.9. The second-order valence-corrected chi connectivity index (χ2v) is 7.67. The number of nitrogens with two attached hydrogens (primary N) is 1. The maximum absolute atomic E-state index is 6.40. The summed E-state index contributed by atoms with van der Waals surface area (Å²) in [5, 5.41) is 0. The van der Waals surface area contributed by atoms with Crippen molar-refractivity contribution < 1.29 is 0 Å². The van der Waals surface area contributed by atoms with E-state index in [1.54, 1.807) is 0 Å². The highest BCUT2D eigenvalue weighted by Crippen LogP contribution is 2.26. The largest absolute Gasteiger partial charge is 0.324 e. The van der Waals surface area contributed by atoms with E-state index < -0.39 is 0 Å². The standard InChI is InChI=1S/C19H24BrN/c1-13-5-10-16(20)12-17(13)18(21)11-14-6-8-15(9-7-14)19(2,3)4/h5-10,12,18H,11,21H2,1-4H3. The molecule has 2 N–H and O–H groups in total. The fraction of sp³-hybridized carbons (Fsp3) is 0.368. The van der Waals surface area contributed by atoms with Gasteiger partial charge in [0.25, 0.3) is 0 Å². The molecular weight excluding hydrogens is 322 g/mol. The minimum Gasteiger partial charge on any atom is -0.324 e. The van der Waals surface area contributed by atoms with E-state index in [2.05, 4.69) is 86.1 Å². The monoisotopic (exact) mass is 345 g/mol. The van der Waals surface area contributed by atoms with E-state index in [1.165, 1.54) is 22.3 Å². The number of hydrogen-bond donors (Lipinski definition) is 1. The third-order valence-corrected chi connectivity index (χ3v) is 4.41.